The van der Waals surface area contributed by atoms with Crippen molar-refractivity contribution in [1.29, 1.82) is 0 Å². The Kier molecular flexibility index (Phi) is 5.08. The van der Waals surface area contributed by atoms with Gasteiger partial charge in [-0.3, -0.25) is 4.79 Å². The first-order valence-electron chi connectivity index (χ1n) is 8.84. The van der Waals surface area contributed by atoms with Gasteiger partial charge in [0.2, 0.25) is 0 Å². The average molecular weight is 389 g/mol. The van der Waals surface area contributed by atoms with E-state index >= 15 is 0 Å². The molecule has 0 aliphatic carbocycles. The van der Waals surface area contributed by atoms with Gasteiger partial charge in [-0.25, -0.2) is 4.98 Å². The molecule has 0 saturated heterocycles. The zero-order valence-electron chi connectivity index (χ0n) is 15.6. The minimum absolute atomic E-state index is 0.106. The van der Waals surface area contributed by atoms with Crippen molar-refractivity contribution in [3.8, 4) is 5.69 Å². The van der Waals surface area contributed by atoms with Crippen molar-refractivity contribution in [1.82, 2.24) is 25.3 Å². The number of fused-ring (bicyclic) bond motifs is 1. The second kappa shape index (κ2) is 7.82. The van der Waals surface area contributed by atoms with Gasteiger partial charge in [0.05, 0.1) is 5.69 Å². The number of nitrogens with one attached hydrogen (secondary N) is 1. The summed E-state index contributed by atoms with van der Waals surface area (Å²) in [6.45, 7) is 2.44. The Labute approximate surface area is 167 Å². The van der Waals surface area contributed by atoms with Crippen molar-refractivity contribution in [2.24, 2.45) is 0 Å². The Morgan fingerprint density at radius 3 is 2.71 bits per heavy atom. The number of aryl methyl sites for hydroxylation is 1. The molecule has 2 aromatic heterocycles. The zero-order chi connectivity index (χ0) is 19.5. The summed E-state index contributed by atoms with van der Waals surface area (Å²) in [5, 5.41) is 11.3. The van der Waals surface area contributed by atoms with Gasteiger partial charge in [-0.1, -0.05) is 17.3 Å². The molecule has 2 aromatic carbocycles. The highest BCUT2D eigenvalue weighted by atomic mass is 32.2. The molecule has 0 spiro atoms. The van der Waals surface area contributed by atoms with Crippen molar-refractivity contribution in [2.75, 3.05) is 6.26 Å². The van der Waals surface area contributed by atoms with Gasteiger partial charge >= 0.3 is 0 Å². The molecule has 0 atom stereocenters. The molecule has 7 heteroatoms. The lowest BCUT2D eigenvalue weighted by molar-refractivity contribution is 0.0951. The molecular weight excluding hydrogens is 370 g/mol. The van der Waals surface area contributed by atoms with Crippen LogP contribution in [0.25, 0.3) is 16.9 Å². The normalized spacial score (nSPS) is 10.9. The number of pyridine rings is 1. The summed E-state index contributed by atoms with van der Waals surface area (Å²) in [5.74, 6) is -0.106. The maximum absolute atomic E-state index is 12.5. The summed E-state index contributed by atoms with van der Waals surface area (Å²) < 4.78 is 1.69. The van der Waals surface area contributed by atoms with E-state index in [0.717, 1.165) is 22.3 Å². The third kappa shape index (κ3) is 3.61. The molecule has 1 N–H and O–H groups in total. The van der Waals surface area contributed by atoms with Crippen molar-refractivity contribution in [2.45, 2.75) is 18.4 Å². The fourth-order valence-corrected chi connectivity index (χ4v) is 3.40. The molecule has 0 unspecified atom stereocenters. The smallest absolute Gasteiger partial charge is 0.251 e. The Hall–Kier alpha value is -3.19. The summed E-state index contributed by atoms with van der Waals surface area (Å²) in [7, 11) is 0. The van der Waals surface area contributed by atoms with Crippen LogP contribution in [-0.4, -0.2) is 32.1 Å². The number of carbonyl (C=O) groups excluding carboxylic acids is 1. The molecule has 4 aromatic rings. The highest BCUT2D eigenvalue weighted by Gasteiger charge is 2.12. The predicted octanol–water partition coefficient (Wildman–Crippen LogP) is 3.78. The lowest BCUT2D eigenvalue weighted by Crippen LogP contribution is -2.23. The molecule has 0 aliphatic heterocycles. The third-order valence-electron chi connectivity index (χ3n) is 4.51. The number of nitrogens with zero attached hydrogens (tertiary/aromatic N) is 4. The molecule has 0 radical (unpaired) electrons. The molecule has 0 aliphatic rings. The van der Waals surface area contributed by atoms with Crippen molar-refractivity contribution in [3.63, 3.8) is 0 Å². The van der Waals surface area contributed by atoms with Gasteiger partial charge in [-0.2, -0.15) is 4.68 Å². The van der Waals surface area contributed by atoms with Gasteiger partial charge in [0, 0.05) is 23.2 Å². The number of amides is 1. The first kappa shape index (κ1) is 18.2. The molecule has 6 nitrogen and oxygen atoms in total. The SMILES string of the molecule is CSc1ccc(CNC(=O)c2ccc(-n3nnc4cccnc43)c(C)c2)cc1. The molecular formula is C21H19N5OS. The summed E-state index contributed by atoms with van der Waals surface area (Å²) in [4.78, 5) is 18.1. The number of thioether (sulfide) groups is 1. The molecule has 4 rings (SSSR count). The number of rotatable bonds is 5. The Bertz CT molecular complexity index is 1140. The Balaban J connectivity index is 1.51. The topological polar surface area (TPSA) is 72.7 Å². The van der Waals surface area contributed by atoms with Gasteiger partial charge in [0.1, 0.15) is 5.52 Å². The van der Waals surface area contributed by atoms with E-state index in [9.17, 15) is 4.79 Å². The van der Waals surface area contributed by atoms with E-state index in [-0.39, 0.29) is 5.91 Å². The molecule has 1 amide bonds. The summed E-state index contributed by atoms with van der Waals surface area (Å²) in [6.07, 6.45) is 3.76. The van der Waals surface area contributed by atoms with Crippen molar-refractivity contribution >= 4 is 28.8 Å². The van der Waals surface area contributed by atoms with Gasteiger partial charge in [0.25, 0.3) is 5.91 Å². The standard InChI is InChI=1S/C21H19N5OS/c1-14-12-16(21(27)23-13-15-5-8-17(28-2)9-6-15)7-10-19(14)26-20-18(24-25-26)4-3-11-22-20/h3-12H,13H2,1-2H3,(H,23,27). The minimum Gasteiger partial charge on any atom is -0.348 e. The summed E-state index contributed by atoms with van der Waals surface area (Å²) >= 11 is 1.70. The number of hydrogen-bond acceptors (Lipinski definition) is 5. The van der Waals surface area contributed by atoms with Crippen LogP contribution in [0.1, 0.15) is 21.5 Å². The predicted molar refractivity (Wildman–Crippen MR) is 111 cm³/mol. The maximum atomic E-state index is 12.5. The van der Waals surface area contributed by atoms with Crippen LogP contribution >= 0.6 is 11.8 Å². The molecule has 0 fully saturated rings. The first-order chi connectivity index (χ1) is 13.7. The van der Waals surface area contributed by atoms with Crippen LogP contribution in [0.4, 0.5) is 0 Å². The number of aromatic nitrogens is 4. The van der Waals surface area contributed by atoms with Crippen LogP contribution in [0.3, 0.4) is 0 Å². The van der Waals surface area contributed by atoms with Crippen molar-refractivity contribution in [3.05, 3.63) is 77.5 Å². The largest absolute Gasteiger partial charge is 0.348 e. The fourth-order valence-electron chi connectivity index (χ4n) is 2.99. The van der Waals surface area contributed by atoms with Gasteiger partial charge < -0.3 is 5.32 Å². The maximum Gasteiger partial charge on any atom is 0.251 e. The quantitative estimate of drug-likeness (QED) is 0.526. The monoisotopic (exact) mass is 389 g/mol. The molecule has 140 valence electrons. The summed E-state index contributed by atoms with van der Waals surface area (Å²) in [6, 6.07) is 17.4. The lowest BCUT2D eigenvalue weighted by Gasteiger charge is -2.10. The first-order valence-corrected chi connectivity index (χ1v) is 10.1. The van der Waals surface area contributed by atoms with E-state index in [4.69, 9.17) is 0 Å². The number of benzene rings is 2. The second-order valence-electron chi connectivity index (χ2n) is 6.38. The van der Waals surface area contributed by atoms with E-state index in [2.05, 4.69) is 32.7 Å². The third-order valence-corrected chi connectivity index (χ3v) is 5.25. The zero-order valence-corrected chi connectivity index (χ0v) is 16.4. The van der Waals surface area contributed by atoms with Crippen LogP contribution in [0.2, 0.25) is 0 Å². The molecule has 0 bridgehead atoms. The van der Waals surface area contributed by atoms with E-state index in [1.165, 1.54) is 4.90 Å². The average Bonchev–Trinajstić information content (AvgIpc) is 3.16. The van der Waals surface area contributed by atoms with E-state index in [1.54, 1.807) is 28.7 Å². The van der Waals surface area contributed by atoms with E-state index < -0.39 is 0 Å². The van der Waals surface area contributed by atoms with Crippen LogP contribution in [0.15, 0.2) is 65.7 Å². The van der Waals surface area contributed by atoms with Crippen LogP contribution in [0, 0.1) is 6.92 Å². The van der Waals surface area contributed by atoms with Crippen molar-refractivity contribution < 1.29 is 4.79 Å². The van der Waals surface area contributed by atoms with Gasteiger partial charge in [-0.15, -0.1) is 16.9 Å². The van der Waals surface area contributed by atoms with Crippen LogP contribution < -0.4 is 5.32 Å². The minimum atomic E-state index is -0.106. The summed E-state index contributed by atoms with van der Waals surface area (Å²) in [5.41, 5.74) is 4.88. The van der Waals surface area contributed by atoms with Crippen LogP contribution in [-0.2, 0) is 6.54 Å². The van der Waals surface area contributed by atoms with E-state index in [0.29, 0.717) is 17.8 Å². The van der Waals surface area contributed by atoms with E-state index in [1.807, 2.05) is 49.6 Å². The fraction of sp³-hybridized carbons (Fsp3) is 0.143. The number of carbonyl (C=O) groups is 1. The van der Waals surface area contributed by atoms with Gasteiger partial charge in [0.15, 0.2) is 5.65 Å². The van der Waals surface area contributed by atoms with Gasteiger partial charge in [-0.05, 0) is 66.8 Å². The molecule has 2 heterocycles. The highest BCUT2D eigenvalue weighted by Crippen LogP contribution is 2.19. The Morgan fingerprint density at radius 1 is 1.14 bits per heavy atom. The van der Waals surface area contributed by atoms with Crippen LogP contribution in [0.5, 0.6) is 0 Å². The second-order valence-corrected chi connectivity index (χ2v) is 7.26. The molecule has 0 saturated carbocycles. The lowest BCUT2D eigenvalue weighted by atomic mass is 10.1. The molecule has 28 heavy (non-hydrogen) atoms. The number of hydrogen-bond donors (Lipinski definition) is 1. The Morgan fingerprint density at radius 2 is 1.96 bits per heavy atom. The highest BCUT2D eigenvalue weighted by molar-refractivity contribution is 7.98.